The Morgan fingerprint density at radius 2 is 2.28 bits per heavy atom. The Balaban J connectivity index is 1.66. The average Bonchev–Trinajstić information content (AvgIpc) is 2.97. The summed E-state index contributed by atoms with van der Waals surface area (Å²) in [5.74, 6) is 2.61. The maximum absolute atomic E-state index is 12.0. The quantitative estimate of drug-likeness (QED) is 0.831. The van der Waals surface area contributed by atoms with Crippen molar-refractivity contribution in [1.29, 1.82) is 0 Å². The van der Waals surface area contributed by atoms with Crippen LogP contribution in [0.2, 0.25) is 0 Å². The van der Waals surface area contributed by atoms with Crippen molar-refractivity contribution in [3.8, 4) is 0 Å². The third kappa shape index (κ3) is 4.82. The van der Waals surface area contributed by atoms with Gasteiger partial charge in [0.25, 0.3) is 5.76 Å². The Hall–Kier alpha value is -0.200. The van der Waals surface area contributed by atoms with E-state index < -0.39 is 5.76 Å². The van der Waals surface area contributed by atoms with Crippen LogP contribution >= 0.6 is 23.5 Å². The molecule has 2 heterocycles. The van der Waals surface area contributed by atoms with Crippen LogP contribution in [0.5, 0.6) is 0 Å². The maximum Gasteiger partial charge on any atom is 0.284 e. The highest BCUT2D eigenvalue weighted by molar-refractivity contribution is 7.99. The lowest BCUT2D eigenvalue weighted by atomic mass is 10.1. The van der Waals surface area contributed by atoms with Crippen LogP contribution in [0.15, 0.2) is 16.5 Å². The summed E-state index contributed by atoms with van der Waals surface area (Å²) in [6, 6.07) is 3.63. The summed E-state index contributed by atoms with van der Waals surface area (Å²) in [5.41, 5.74) is 0. The van der Waals surface area contributed by atoms with Gasteiger partial charge in [0.15, 0.2) is 0 Å². The highest BCUT2D eigenvalue weighted by atomic mass is 32.2. The maximum atomic E-state index is 12.0. The first-order chi connectivity index (χ1) is 8.74. The van der Waals surface area contributed by atoms with Crippen LogP contribution in [0.4, 0.5) is 8.78 Å². The summed E-state index contributed by atoms with van der Waals surface area (Å²) in [5, 5.41) is 3.36. The van der Waals surface area contributed by atoms with Crippen molar-refractivity contribution in [2.75, 3.05) is 18.1 Å². The van der Waals surface area contributed by atoms with Crippen molar-refractivity contribution in [2.45, 2.75) is 24.5 Å². The zero-order valence-corrected chi connectivity index (χ0v) is 11.7. The fourth-order valence-corrected chi connectivity index (χ4v) is 3.61. The molecule has 0 spiro atoms. The van der Waals surface area contributed by atoms with E-state index in [9.17, 15) is 8.78 Å². The monoisotopic (exact) mass is 293 g/mol. The molecule has 6 heteroatoms. The molecule has 1 aliphatic rings. The van der Waals surface area contributed by atoms with E-state index in [1.807, 2.05) is 17.8 Å². The predicted molar refractivity (Wildman–Crippen MR) is 73.1 cm³/mol. The molecule has 2 nitrogen and oxygen atoms in total. The summed E-state index contributed by atoms with van der Waals surface area (Å²) in [4.78, 5) is 0. The second-order valence-corrected chi connectivity index (χ2v) is 6.43. The topological polar surface area (TPSA) is 25.2 Å². The van der Waals surface area contributed by atoms with Gasteiger partial charge >= 0.3 is 0 Å². The Kier molecular flexibility index (Phi) is 5.85. The molecule has 0 bridgehead atoms. The van der Waals surface area contributed by atoms with Gasteiger partial charge in [0.05, 0.1) is 12.3 Å². The van der Waals surface area contributed by atoms with E-state index >= 15 is 0 Å². The molecule has 1 N–H and O–H groups in total. The number of thioether (sulfide) groups is 2. The largest absolute Gasteiger partial charge is 0.464 e. The number of rotatable bonds is 7. The van der Waals surface area contributed by atoms with E-state index in [1.165, 1.54) is 17.9 Å². The molecule has 1 saturated heterocycles. The smallest absolute Gasteiger partial charge is 0.284 e. The number of alkyl halides is 2. The first kappa shape index (κ1) is 14.2. The van der Waals surface area contributed by atoms with Crippen LogP contribution in [-0.4, -0.2) is 23.8 Å². The molecule has 102 valence electrons. The Bertz CT molecular complexity index is 354. The lowest BCUT2D eigenvalue weighted by Gasteiger charge is -2.08. The molecule has 0 radical (unpaired) electrons. The van der Waals surface area contributed by atoms with Crippen molar-refractivity contribution >= 4 is 23.5 Å². The van der Waals surface area contributed by atoms with Gasteiger partial charge in [-0.2, -0.15) is 20.5 Å². The standard InChI is InChI=1S/C12H17F2NOS2/c13-12(14)18-8-11-2-1-10(16-11)6-15-5-9-3-4-17-7-9/h1-2,9,12,15H,3-8H2. The van der Waals surface area contributed by atoms with Gasteiger partial charge in [0.2, 0.25) is 0 Å². The molecule has 0 amide bonds. The van der Waals surface area contributed by atoms with Crippen LogP contribution in [-0.2, 0) is 12.3 Å². The molecule has 1 aromatic rings. The fraction of sp³-hybridized carbons (Fsp3) is 0.667. The molecule has 1 fully saturated rings. The number of halogens is 2. The molecule has 1 aromatic heterocycles. The Morgan fingerprint density at radius 3 is 3.00 bits per heavy atom. The second kappa shape index (κ2) is 7.40. The lowest BCUT2D eigenvalue weighted by Crippen LogP contribution is -2.21. The summed E-state index contributed by atoms with van der Waals surface area (Å²) in [7, 11) is 0. The third-order valence-corrected chi connectivity index (χ3v) is 4.76. The first-order valence-corrected chi connectivity index (χ1v) is 8.20. The number of furan rings is 1. The van der Waals surface area contributed by atoms with Gasteiger partial charge < -0.3 is 9.73 Å². The third-order valence-electron chi connectivity index (χ3n) is 2.83. The molecule has 18 heavy (non-hydrogen) atoms. The van der Waals surface area contributed by atoms with Crippen molar-refractivity contribution in [2.24, 2.45) is 5.92 Å². The second-order valence-electron chi connectivity index (χ2n) is 4.30. The molecule has 1 unspecified atom stereocenters. The van der Waals surface area contributed by atoms with E-state index in [1.54, 1.807) is 6.07 Å². The summed E-state index contributed by atoms with van der Waals surface area (Å²) < 4.78 is 29.5. The number of hydrogen-bond acceptors (Lipinski definition) is 4. The van der Waals surface area contributed by atoms with Crippen LogP contribution in [0.25, 0.3) is 0 Å². The van der Waals surface area contributed by atoms with Gasteiger partial charge in [0.1, 0.15) is 11.5 Å². The lowest BCUT2D eigenvalue weighted by molar-refractivity contribution is 0.251. The number of hydrogen-bond donors (Lipinski definition) is 1. The summed E-state index contributed by atoms with van der Waals surface area (Å²) in [6.45, 7) is 1.69. The van der Waals surface area contributed by atoms with E-state index in [-0.39, 0.29) is 5.75 Å². The zero-order valence-electron chi connectivity index (χ0n) is 10.0. The Labute approximate surface area is 114 Å². The zero-order chi connectivity index (χ0) is 12.8. The highest BCUT2D eigenvalue weighted by Gasteiger charge is 2.14. The Morgan fingerprint density at radius 1 is 1.44 bits per heavy atom. The molecular weight excluding hydrogens is 276 g/mol. The molecular formula is C12H17F2NOS2. The van der Waals surface area contributed by atoms with Crippen LogP contribution in [0.1, 0.15) is 17.9 Å². The molecule has 0 saturated carbocycles. The minimum absolute atomic E-state index is 0.233. The first-order valence-electron chi connectivity index (χ1n) is 6.00. The van der Waals surface area contributed by atoms with Gasteiger partial charge in [-0.1, -0.05) is 11.8 Å². The molecule has 2 rings (SSSR count). The predicted octanol–water partition coefficient (Wildman–Crippen LogP) is 3.58. The van der Waals surface area contributed by atoms with Crippen LogP contribution in [0.3, 0.4) is 0 Å². The summed E-state index contributed by atoms with van der Waals surface area (Å²) in [6.07, 6.45) is 1.28. The number of nitrogens with one attached hydrogen (secondary N) is 1. The normalized spacial score (nSPS) is 19.8. The van der Waals surface area contributed by atoms with Crippen molar-refractivity contribution < 1.29 is 13.2 Å². The van der Waals surface area contributed by atoms with Crippen LogP contribution < -0.4 is 5.32 Å². The van der Waals surface area contributed by atoms with Crippen molar-refractivity contribution in [3.05, 3.63) is 23.7 Å². The molecule has 1 aliphatic heterocycles. The minimum Gasteiger partial charge on any atom is -0.464 e. The van der Waals surface area contributed by atoms with E-state index in [0.29, 0.717) is 24.1 Å². The SMILES string of the molecule is FC(F)SCc1ccc(CNCC2CCSC2)o1. The van der Waals surface area contributed by atoms with Crippen molar-refractivity contribution in [1.82, 2.24) is 5.32 Å². The van der Waals surface area contributed by atoms with Gasteiger partial charge in [-0.05, 0) is 42.5 Å². The molecule has 0 aliphatic carbocycles. The molecule has 1 atom stereocenters. The fourth-order valence-electron chi connectivity index (χ4n) is 1.88. The summed E-state index contributed by atoms with van der Waals surface area (Å²) >= 11 is 2.60. The minimum atomic E-state index is -2.34. The van der Waals surface area contributed by atoms with Crippen molar-refractivity contribution in [3.63, 3.8) is 0 Å². The van der Waals surface area contributed by atoms with Gasteiger partial charge in [0, 0.05) is 0 Å². The van der Waals surface area contributed by atoms with Gasteiger partial charge in [-0.25, -0.2) is 0 Å². The van der Waals surface area contributed by atoms with Gasteiger partial charge in [-0.3, -0.25) is 0 Å². The van der Waals surface area contributed by atoms with E-state index in [2.05, 4.69) is 5.32 Å². The average molecular weight is 293 g/mol. The van der Waals surface area contributed by atoms with E-state index in [4.69, 9.17) is 4.42 Å². The van der Waals surface area contributed by atoms with E-state index in [0.717, 1.165) is 18.2 Å². The van der Waals surface area contributed by atoms with Crippen LogP contribution in [0, 0.1) is 5.92 Å². The molecule has 0 aromatic carbocycles. The van der Waals surface area contributed by atoms with Gasteiger partial charge in [-0.15, -0.1) is 0 Å². The highest BCUT2D eigenvalue weighted by Crippen LogP contribution is 2.23.